The number of halogens is 1. The van der Waals surface area contributed by atoms with Gasteiger partial charge in [0.15, 0.2) is 0 Å². The molecule has 3 N–H and O–H groups in total. The molecular formula is C12H15BrN4O3. The highest BCUT2D eigenvalue weighted by Crippen LogP contribution is 2.23. The van der Waals surface area contributed by atoms with Gasteiger partial charge in [-0.2, -0.15) is 0 Å². The van der Waals surface area contributed by atoms with Gasteiger partial charge in [-0.05, 0) is 11.6 Å². The van der Waals surface area contributed by atoms with Gasteiger partial charge in [-0.15, -0.1) is 0 Å². The summed E-state index contributed by atoms with van der Waals surface area (Å²) < 4.78 is 0.646. The first kappa shape index (κ1) is 14.9. The van der Waals surface area contributed by atoms with E-state index in [4.69, 9.17) is 5.73 Å². The van der Waals surface area contributed by atoms with Crippen molar-refractivity contribution in [3.63, 3.8) is 0 Å². The van der Waals surface area contributed by atoms with Crippen LogP contribution in [0.3, 0.4) is 0 Å². The summed E-state index contributed by atoms with van der Waals surface area (Å²) in [5.74, 6) is -0.387. The third kappa shape index (κ3) is 3.53. The van der Waals surface area contributed by atoms with E-state index in [-0.39, 0.29) is 17.6 Å². The van der Waals surface area contributed by atoms with Gasteiger partial charge < -0.3 is 11.1 Å². The minimum absolute atomic E-state index is 0.0279. The Kier molecular flexibility index (Phi) is 4.69. The molecule has 108 valence electrons. The van der Waals surface area contributed by atoms with E-state index in [1.54, 1.807) is 0 Å². The zero-order valence-electron chi connectivity index (χ0n) is 10.7. The van der Waals surface area contributed by atoms with Gasteiger partial charge in [-0.25, -0.2) is 0 Å². The molecule has 0 bridgehead atoms. The van der Waals surface area contributed by atoms with Crippen LogP contribution in [0.15, 0.2) is 22.7 Å². The van der Waals surface area contributed by atoms with Crippen LogP contribution in [-0.2, 0) is 11.3 Å². The van der Waals surface area contributed by atoms with Crippen molar-refractivity contribution in [1.29, 1.82) is 0 Å². The van der Waals surface area contributed by atoms with Gasteiger partial charge in [-0.1, -0.05) is 15.9 Å². The first-order valence-corrected chi connectivity index (χ1v) is 6.94. The minimum atomic E-state index is -0.433. The van der Waals surface area contributed by atoms with Crippen molar-refractivity contribution in [2.45, 2.75) is 12.6 Å². The van der Waals surface area contributed by atoms with Gasteiger partial charge in [0.1, 0.15) is 6.04 Å². The fourth-order valence-corrected chi connectivity index (χ4v) is 2.81. The van der Waals surface area contributed by atoms with E-state index in [0.29, 0.717) is 24.1 Å². The second-order valence-corrected chi connectivity index (χ2v) is 5.58. The molecule has 8 heteroatoms. The van der Waals surface area contributed by atoms with E-state index in [0.717, 1.165) is 12.1 Å². The number of piperazine rings is 1. The lowest BCUT2D eigenvalue weighted by molar-refractivity contribution is -0.385. The number of non-ortho nitro benzene ring substituents is 1. The first-order chi connectivity index (χ1) is 9.47. The maximum Gasteiger partial charge on any atom is 0.270 e. The van der Waals surface area contributed by atoms with Gasteiger partial charge in [-0.3, -0.25) is 19.8 Å². The van der Waals surface area contributed by atoms with Crippen molar-refractivity contribution >= 4 is 27.5 Å². The number of nitrogens with zero attached hydrogens (tertiary/aromatic N) is 2. The molecule has 1 aromatic rings. The lowest BCUT2D eigenvalue weighted by Crippen LogP contribution is -2.56. The maximum atomic E-state index is 11.4. The summed E-state index contributed by atoms with van der Waals surface area (Å²) in [6.07, 6.45) is 0. The number of primary amides is 1. The van der Waals surface area contributed by atoms with Gasteiger partial charge in [0.2, 0.25) is 5.91 Å². The van der Waals surface area contributed by atoms with E-state index < -0.39 is 4.92 Å². The van der Waals surface area contributed by atoms with Crippen LogP contribution in [0.4, 0.5) is 5.69 Å². The van der Waals surface area contributed by atoms with Crippen molar-refractivity contribution in [3.05, 3.63) is 38.3 Å². The quantitative estimate of drug-likeness (QED) is 0.616. The number of benzene rings is 1. The Morgan fingerprint density at radius 2 is 2.30 bits per heavy atom. The van der Waals surface area contributed by atoms with Gasteiger partial charge in [0.05, 0.1) is 4.92 Å². The van der Waals surface area contributed by atoms with E-state index in [2.05, 4.69) is 21.2 Å². The van der Waals surface area contributed by atoms with Gasteiger partial charge in [0.25, 0.3) is 5.69 Å². The molecule has 1 heterocycles. The average Bonchev–Trinajstić information content (AvgIpc) is 2.38. The zero-order valence-corrected chi connectivity index (χ0v) is 12.3. The number of nitro benzene ring substituents is 1. The maximum absolute atomic E-state index is 11.4. The van der Waals surface area contributed by atoms with Crippen LogP contribution in [0.1, 0.15) is 5.56 Å². The Morgan fingerprint density at radius 1 is 1.55 bits per heavy atom. The Morgan fingerprint density at radius 3 is 2.95 bits per heavy atom. The van der Waals surface area contributed by atoms with Crippen LogP contribution in [-0.4, -0.2) is 41.4 Å². The highest BCUT2D eigenvalue weighted by Gasteiger charge is 2.27. The summed E-state index contributed by atoms with van der Waals surface area (Å²) in [5.41, 5.74) is 6.19. The molecule has 1 unspecified atom stereocenters. The van der Waals surface area contributed by atoms with Crippen molar-refractivity contribution in [2.24, 2.45) is 5.73 Å². The van der Waals surface area contributed by atoms with Crippen LogP contribution in [0.2, 0.25) is 0 Å². The Hall–Kier alpha value is -1.51. The fourth-order valence-electron chi connectivity index (χ4n) is 2.28. The van der Waals surface area contributed by atoms with E-state index >= 15 is 0 Å². The normalized spacial score (nSPS) is 19.8. The van der Waals surface area contributed by atoms with Crippen molar-refractivity contribution in [2.75, 3.05) is 19.6 Å². The van der Waals surface area contributed by atoms with Crippen LogP contribution in [0.25, 0.3) is 0 Å². The second kappa shape index (κ2) is 6.29. The molecule has 1 aliphatic rings. The molecule has 1 aliphatic heterocycles. The highest BCUT2D eigenvalue weighted by atomic mass is 79.9. The number of amides is 1. The Bertz CT molecular complexity index is 537. The largest absolute Gasteiger partial charge is 0.368 e. The van der Waals surface area contributed by atoms with Crippen LogP contribution in [0, 0.1) is 10.1 Å². The molecule has 1 fully saturated rings. The second-order valence-electron chi connectivity index (χ2n) is 4.67. The van der Waals surface area contributed by atoms with Crippen LogP contribution < -0.4 is 11.1 Å². The summed E-state index contributed by atoms with van der Waals surface area (Å²) in [4.78, 5) is 23.8. The fraction of sp³-hybridized carbons (Fsp3) is 0.417. The molecule has 2 rings (SSSR count). The molecule has 7 nitrogen and oxygen atoms in total. The standard InChI is InChI=1S/C12H15BrN4O3/c13-9-3-8(4-10(5-9)17(19)20)7-16-2-1-15-6-11(16)12(14)18/h3-5,11,15H,1-2,6-7H2,(H2,14,18). The first-order valence-electron chi connectivity index (χ1n) is 6.15. The van der Waals surface area contributed by atoms with E-state index in [9.17, 15) is 14.9 Å². The summed E-state index contributed by atoms with van der Waals surface area (Å²) in [5, 5.41) is 14.0. The summed E-state index contributed by atoms with van der Waals surface area (Å²) in [6.45, 7) is 2.40. The molecular weight excluding hydrogens is 328 g/mol. The zero-order chi connectivity index (χ0) is 14.7. The van der Waals surface area contributed by atoms with E-state index in [1.807, 2.05) is 11.0 Å². The summed E-state index contributed by atoms with van der Waals surface area (Å²) in [6, 6.07) is 4.40. The molecule has 0 aromatic heterocycles. The molecule has 0 saturated carbocycles. The lowest BCUT2D eigenvalue weighted by atomic mass is 10.1. The number of nitrogens with two attached hydrogens (primary N) is 1. The third-order valence-electron chi connectivity index (χ3n) is 3.22. The molecule has 1 amide bonds. The molecule has 1 saturated heterocycles. The molecule has 0 spiro atoms. The van der Waals surface area contributed by atoms with Gasteiger partial charge in [0, 0.05) is 42.8 Å². The molecule has 20 heavy (non-hydrogen) atoms. The third-order valence-corrected chi connectivity index (χ3v) is 3.68. The van der Waals surface area contributed by atoms with Crippen molar-refractivity contribution in [1.82, 2.24) is 10.2 Å². The number of carbonyl (C=O) groups excluding carboxylic acids is 1. The minimum Gasteiger partial charge on any atom is -0.368 e. The number of nitrogens with one attached hydrogen (secondary N) is 1. The number of rotatable bonds is 4. The van der Waals surface area contributed by atoms with E-state index in [1.165, 1.54) is 12.1 Å². The van der Waals surface area contributed by atoms with Gasteiger partial charge >= 0.3 is 0 Å². The van der Waals surface area contributed by atoms with Crippen molar-refractivity contribution in [3.8, 4) is 0 Å². The monoisotopic (exact) mass is 342 g/mol. The molecule has 1 atom stereocenters. The summed E-state index contributed by atoms with van der Waals surface area (Å²) >= 11 is 3.26. The SMILES string of the molecule is NC(=O)C1CNCCN1Cc1cc(Br)cc([N+](=O)[O-])c1. The number of hydrogen-bond acceptors (Lipinski definition) is 5. The topological polar surface area (TPSA) is 102 Å². The molecule has 0 radical (unpaired) electrons. The van der Waals surface area contributed by atoms with Crippen molar-refractivity contribution < 1.29 is 9.72 Å². The summed E-state index contributed by atoms with van der Waals surface area (Å²) in [7, 11) is 0. The van der Waals surface area contributed by atoms with Crippen LogP contribution >= 0.6 is 15.9 Å². The number of nitro groups is 1. The Labute approximate surface area is 124 Å². The smallest absolute Gasteiger partial charge is 0.270 e. The predicted octanol–water partition coefficient (Wildman–Crippen LogP) is 0.616. The number of carbonyl (C=O) groups is 1. The molecule has 0 aliphatic carbocycles. The molecule has 1 aromatic carbocycles. The average molecular weight is 343 g/mol. The Balaban J connectivity index is 2.19. The van der Waals surface area contributed by atoms with Crippen LogP contribution in [0.5, 0.6) is 0 Å². The lowest BCUT2D eigenvalue weighted by Gasteiger charge is -2.34. The predicted molar refractivity (Wildman–Crippen MR) is 77.1 cm³/mol. The number of hydrogen-bond donors (Lipinski definition) is 2. The highest BCUT2D eigenvalue weighted by molar-refractivity contribution is 9.10.